The Bertz CT molecular complexity index is 494. The van der Waals surface area contributed by atoms with Gasteiger partial charge < -0.3 is 9.88 Å². The molecule has 3 nitrogen and oxygen atoms in total. The van der Waals surface area contributed by atoms with Crippen LogP contribution in [0.15, 0.2) is 29.9 Å². The van der Waals surface area contributed by atoms with Crippen molar-refractivity contribution < 1.29 is 0 Å². The lowest BCUT2D eigenvalue weighted by atomic mass is 9.86. The number of rotatable bonds is 5. The van der Waals surface area contributed by atoms with E-state index >= 15 is 0 Å². The van der Waals surface area contributed by atoms with E-state index in [1.807, 2.05) is 6.20 Å². The van der Waals surface area contributed by atoms with Crippen molar-refractivity contribution >= 4 is 11.3 Å². The largest absolute Gasteiger partial charge is 0.329 e. The fourth-order valence-corrected chi connectivity index (χ4v) is 2.91. The third kappa shape index (κ3) is 3.45. The second-order valence-corrected chi connectivity index (χ2v) is 6.80. The molecule has 1 N–H and O–H groups in total. The van der Waals surface area contributed by atoms with Crippen LogP contribution in [0.4, 0.5) is 0 Å². The summed E-state index contributed by atoms with van der Waals surface area (Å²) >= 11 is 1.74. The van der Waals surface area contributed by atoms with Crippen LogP contribution in [0.2, 0.25) is 0 Å². The Kier molecular flexibility index (Phi) is 4.42. The van der Waals surface area contributed by atoms with Gasteiger partial charge in [-0.1, -0.05) is 33.8 Å². The molecule has 2 aromatic heterocycles. The quantitative estimate of drug-likeness (QED) is 0.904. The third-order valence-corrected chi connectivity index (χ3v) is 4.20. The van der Waals surface area contributed by atoms with Crippen LogP contribution in [0.25, 0.3) is 10.7 Å². The van der Waals surface area contributed by atoms with Gasteiger partial charge in [0.15, 0.2) is 0 Å². The Balaban J connectivity index is 2.21. The van der Waals surface area contributed by atoms with Crippen molar-refractivity contribution in [2.24, 2.45) is 5.41 Å². The van der Waals surface area contributed by atoms with Gasteiger partial charge in [0.25, 0.3) is 0 Å². The summed E-state index contributed by atoms with van der Waals surface area (Å²) in [5, 5.41) is 5.69. The Morgan fingerprint density at radius 2 is 2.21 bits per heavy atom. The Hall–Kier alpha value is -1.13. The average molecular weight is 277 g/mol. The fourth-order valence-electron chi connectivity index (χ4n) is 2.18. The summed E-state index contributed by atoms with van der Waals surface area (Å²) in [7, 11) is 0. The molecule has 0 amide bonds. The van der Waals surface area contributed by atoms with E-state index in [1.54, 1.807) is 11.3 Å². The van der Waals surface area contributed by atoms with Gasteiger partial charge >= 0.3 is 0 Å². The zero-order valence-corrected chi connectivity index (χ0v) is 13.0. The van der Waals surface area contributed by atoms with Gasteiger partial charge in [-0.3, -0.25) is 0 Å². The Morgan fingerprint density at radius 1 is 1.42 bits per heavy atom. The smallest absolute Gasteiger partial charge is 0.150 e. The lowest BCUT2D eigenvalue weighted by Crippen LogP contribution is -2.43. The van der Waals surface area contributed by atoms with E-state index in [9.17, 15) is 0 Å². The van der Waals surface area contributed by atoms with Crippen LogP contribution < -0.4 is 5.32 Å². The molecular weight excluding hydrogens is 254 g/mol. The van der Waals surface area contributed by atoms with Crippen molar-refractivity contribution in [3.8, 4) is 10.7 Å². The van der Waals surface area contributed by atoms with Gasteiger partial charge in [0.2, 0.25) is 0 Å². The minimum absolute atomic E-state index is 0.229. The van der Waals surface area contributed by atoms with E-state index in [0.29, 0.717) is 6.04 Å². The molecule has 0 fully saturated rings. The van der Waals surface area contributed by atoms with Crippen LogP contribution in [0.1, 0.15) is 27.7 Å². The van der Waals surface area contributed by atoms with Crippen molar-refractivity contribution in [2.45, 2.75) is 40.3 Å². The molecule has 0 bridgehead atoms. The summed E-state index contributed by atoms with van der Waals surface area (Å²) in [6.45, 7) is 10.9. The number of thiophene rings is 1. The predicted octanol–water partition coefficient (Wildman–Crippen LogP) is 3.64. The van der Waals surface area contributed by atoms with Gasteiger partial charge in [0.1, 0.15) is 5.82 Å². The number of nitrogens with zero attached hydrogens (tertiary/aromatic N) is 2. The van der Waals surface area contributed by atoms with Crippen molar-refractivity contribution in [1.29, 1.82) is 0 Å². The van der Waals surface area contributed by atoms with Gasteiger partial charge in [-0.2, -0.15) is 0 Å². The zero-order chi connectivity index (χ0) is 13.9. The first-order chi connectivity index (χ1) is 9.02. The first-order valence-corrected chi connectivity index (χ1v) is 7.68. The number of nitrogens with one attached hydrogen (secondary N) is 1. The van der Waals surface area contributed by atoms with E-state index in [1.165, 1.54) is 4.88 Å². The van der Waals surface area contributed by atoms with Crippen LogP contribution in [0.3, 0.4) is 0 Å². The normalized spacial score (nSPS) is 13.7. The SMILES string of the molecule is CCNC(Cn1ccnc1-c1cccs1)C(C)(C)C. The second-order valence-electron chi connectivity index (χ2n) is 5.86. The molecule has 104 valence electrons. The molecule has 2 heterocycles. The molecule has 0 saturated carbocycles. The maximum Gasteiger partial charge on any atom is 0.150 e. The van der Waals surface area contributed by atoms with Crippen molar-refractivity contribution in [1.82, 2.24) is 14.9 Å². The third-order valence-electron chi connectivity index (χ3n) is 3.33. The summed E-state index contributed by atoms with van der Waals surface area (Å²) in [4.78, 5) is 5.73. The summed E-state index contributed by atoms with van der Waals surface area (Å²) < 4.78 is 2.25. The monoisotopic (exact) mass is 277 g/mol. The molecular formula is C15H23N3S. The molecule has 0 radical (unpaired) electrons. The summed E-state index contributed by atoms with van der Waals surface area (Å²) in [5.74, 6) is 1.07. The number of aromatic nitrogens is 2. The molecule has 0 aliphatic rings. The topological polar surface area (TPSA) is 29.9 Å². The van der Waals surface area contributed by atoms with Gasteiger partial charge in [-0.15, -0.1) is 11.3 Å². The molecule has 2 aromatic rings. The second kappa shape index (κ2) is 5.88. The van der Waals surface area contributed by atoms with Crippen LogP contribution in [-0.4, -0.2) is 22.1 Å². The maximum absolute atomic E-state index is 4.50. The molecule has 2 rings (SSSR count). The highest BCUT2D eigenvalue weighted by molar-refractivity contribution is 7.13. The van der Waals surface area contributed by atoms with E-state index < -0.39 is 0 Å². The highest BCUT2D eigenvalue weighted by atomic mass is 32.1. The predicted molar refractivity (Wildman–Crippen MR) is 82.5 cm³/mol. The maximum atomic E-state index is 4.50. The Labute approximate surface area is 119 Å². The molecule has 0 saturated heterocycles. The van der Waals surface area contributed by atoms with Crippen LogP contribution in [-0.2, 0) is 6.54 Å². The van der Waals surface area contributed by atoms with Crippen molar-refractivity contribution in [3.63, 3.8) is 0 Å². The number of hydrogen-bond acceptors (Lipinski definition) is 3. The van der Waals surface area contributed by atoms with Crippen molar-refractivity contribution in [2.75, 3.05) is 6.54 Å². The molecule has 0 aliphatic carbocycles. The molecule has 19 heavy (non-hydrogen) atoms. The lowest BCUT2D eigenvalue weighted by Gasteiger charge is -2.32. The molecule has 1 atom stereocenters. The summed E-state index contributed by atoms with van der Waals surface area (Å²) in [6, 6.07) is 4.64. The van der Waals surface area contributed by atoms with Gasteiger partial charge in [-0.25, -0.2) is 4.98 Å². The fraction of sp³-hybridized carbons (Fsp3) is 0.533. The van der Waals surface area contributed by atoms with Crippen LogP contribution in [0, 0.1) is 5.41 Å². The summed E-state index contributed by atoms with van der Waals surface area (Å²) in [6.07, 6.45) is 3.96. The first-order valence-electron chi connectivity index (χ1n) is 6.80. The zero-order valence-electron chi connectivity index (χ0n) is 12.2. The highest BCUT2D eigenvalue weighted by Gasteiger charge is 2.24. The minimum Gasteiger partial charge on any atom is -0.329 e. The molecule has 0 aliphatic heterocycles. The van der Waals surface area contributed by atoms with Gasteiger partial charge in [0, 0.05) is 25.0 Å². The lowest BCUT2D eigenvalue weighted by molar-refractivity contribution is 0.246. The number of imidazole rings is 1. The molecule has 0 spiro atoms. The van der Waals surface area contributed by atoms with Crippen LogP contribution >= 0.6 is 11.3 Å². The van der Waals surface area contributed by atoms with Gasteiger partial charge in [-0.05, 0) is 23.4 Å². The molecule has 4 heteroatoms. The van der Waals surface area contributed by atoms with Crippen molar-refractivity contribution in [3.05, 3.63) is 29.9 Å². The van der Waals surface area contributed by atoms with E-state index in [2.05, 4.69) is 66.3 Å². The van der Waals surface area contributed by atoms with E-state index in [4.69, 9.17) is 0 Å². The van der Waals surface area contributed by atoms with E-state index in [-0.39, 0.29) is 5.41 Å². The average Bonchev–Trinajstić information content (AvgIpc) is 2.96. The summed E-state index contributed by atoms with van der Waals surface area (Å²) in [5.41, 5.74) is 0.229. The minimum atomic E-state index is 0.229. The van der Waals surface area contributed by atoms with Crippen LogP contribution in [0.5, 0.6) is 0 Å². The first kappa shape index (κ1) is 14.3. The van der Waals surface area contributed by atoms with E-state index in [0.717, 1.165) is 18.9 Å². The molecule has 1 unspecified atom stereocenters. The number of likely N-dealkylation sites (N-methyl/N-ethyl adjacent to an activating group) is 1. The van der Waals surface area contributed by atoms with Gasteiger partial charge in [0.05, 0.1) is 4.88 Å². The number of hydrogen-bond donors (Lipinski definition) is 1. The highest BCUT2D eigenvalue weighted by Crippen LogP contribution is 2.26. The standard InChI is InChI=1S/C15H23N3S/c1-5-16-13(15(2,3)4)11-18-9-8-17-14(18)12-7-6-10-19-12/h6-10,13,16H,5,11H2,1-4H3. The Morgan fingerprint density at radius 3 is 2.79 bits per heavy atom. The molecule has 0 aromatic carbocycles.